The van der Waals surface area contributed by atoms with Crippen molar-refractivity contribution in [2.75, 3.05) is 6.54 Å². The van der Waals surface area contributed by atoms with Gasteiger partial charge in [0, 0.05) is 12.1 Å². The van der Waals surface area contributed by atoms with E-state index in [1.165, 1.54) is 12.1 Å². The van der Waals surface area contributed by atoms with Crippen LogP contribution in [0.2, 0.25) is 0 Å². The molecule has 4 rings (SSSR count). The van der Waals surface area contributed by atoms with E-state index in [2.05, 4.69) is 10.3 Å². The van der Waals surface area contributed by atoms with Crippen LogP contribution in [0.15, 0.2) is 53.3 Å². The first-order valence-corrected chi connectivity index (χ1v) is 8.15. The lowest BCUT2D eigenvalue weighted by atomic mass is 10.1. The lowest BCUT2D eigenvalue weighted by Crippen LogP contribution is -2.28. The SMILES string of the molecule is O=c1c2cc([N+](=O)[O-])ccc2nc([C@H]2CCCN2)n1-c1ccccc1. The molecule has 2 heterocycles. The summed E-state index contributed by atoms with van der Waals surface area (Å²) in [4.78, 5) is 28.4. The van der Waals surface area contributed by atoms with E-state index < -0.39 is 4.92 Å². The minimum absolute atomic E-state index is 0.00695. The van der Waals surface area contributed by atoms with Crippen LogP contribution in [0.1, 0.15) is 24.7 Å². The number of nitrogens with one attached hydrogen (secondary N) is 1. The number of fused-ring (bicyclic) bond motifs is 1. The number of nitro groups is 1. The Kier molecular flexibility index (Phi) is 3.77. The molecule has 0 bridgehead atoms. The van der Waals surface area contributed by atoms with E-state index in [1.54, 1.807) is 10.6 Å². The maximum absolute atomic E-state index is 13.2. The molecule has 3 aromatic rings. The fraction of sp³-hybridized carbons (Fsp3) is 0.222. The summed E-state index contributed by atoms with van der Waals surface area (Å²) in [7, 11) is 0. The van der Waals surface area contributed by atoms with E-state index >= 15 is 0 Å². The summed E-state index contributed by atoms with van der Waals surface area (Å²) in [5.41, 5.74) is 0.782. The highest BCUT2D eigenvalue weighted by molar-refractivity contribution is 5.80. The Bertz CT molecular complexity index is 1010. The molecule has 126 valence electrons. The van der Waals surface area contributed by atoms with E-state index in [9.17, 15) is 14.9 Å². The van der Waals surface area contributed by atoms with Gasteiger partial charge in [-0.05, 0) is 37.6 Å². The maximum Gasteiger partial charge on any atom is 0.270 e. The van der Waals surface area contributed by atoms with Gasteiger partial charge in [-0.25, -0.2) is 4.98 Å². The van der Waals surface area contributed by atoms with E-state index in [1.807, 2.05) is 30.3 Å². The minimum Gasteiger partial charge on any atom is -0.307 e. The highest BCUT2D eigenvalue weighted by Gasteiger charge is 2.24. The van der Waals surface area contributed by atoms with Crippen LogP contribution < -0.4 is 10.9 Å². The van der Waals surface area contributed by atoms with Crippen LogP contribution in [-0.4, -0.2) is 21.0 Å². The van der Waals surface area contributed by atoms with Crippen LogP contribution >= 0.6 is 0 Å². The van der Waals surface area contributed by atoms with Crippen LogP contribution in [0, 0.1) is 10.1 Å². The molecule has 0 aliphatic carbocycles. The van der Waals surface area contributed by atoms with Crippen molar-refractivity contribution in [2.45, 2.75) is 18.9 Å². The lowest BCUT2D eigenvalue weighted by Gasteiger charge is -2.18. The molecule has 1 fully saturated rings. The Labute approximate surface area is 143 Å². The number of hydrogen-bond acceptors (Lipinski definition) is 5. The fourth-order valence-electron chi connectivity index (χ4n) is 3.27. The van der Waals surface area contributed by atoms with Crippen LogP contribution in [0.3, 0.4) is 0 Å². The van der Waals surface area contributed by atoms with Crippen LogP contribution in [-0.2, 0) is 0 Å². The Morgan fingerprint density at radius 1 is 1.20 bits per heavy atom. The minimum atomic E-state index is -0.502. The van der Waals surface area contributed by atoms with Gasteiger partial charge < -0.3 is 5.32 Å². The largest absolute Gasteiger partial charge is 0.307 e. The zero-order valence-electron chi connectivity index (χ0n) is 13.4. The summed E-state index contributed by atoms with van der Waals surface area (Å²) in [6.07, 6.45) is 1.92. The van der Waals surface area contributed by atoms with Crippen LogP contribution in [0.4, 0.5) is 5.69 Å². The molecule has 1 aromatic heterocycles. The third-order valence-electron chi connectivity index (χ3n) is 4.47. The fourth-order valence-corrected chi connectivity index (χ4v) is 3.27. The first kappa shape index (κ1) is 15.5. The zero-order valence-corrected chi connectivity index (χ0v) is 13.4. The molecule has 25 heavy (non-hydrogen) atoms. The number of nitro benzene ring substituents is 1. The van der Waals surface area contributed by atoms with Crippen molar-refractivity contribution in [1.29, 1.82) is 0 Å². The first-order valence-electron chi connectivity index (χ1n) is 8.15. The number of para-hydroxylation sites is 1. The second-order valence-corrected chi connectivity index (χ2v) is 6.05. The van der Waals surface area contributed by atoms with Gasteiger partial charge in [0.15, 0.2) is 0 Å². The molecular formula is C18H16N4O3. The van der Waals surface area contributed by atoms with E-state index in [-0.39, 0.29) is 22.7 Å². The van der Waals surface area contributed by atoms with E-state index in [4.69, 9.17) is 0 Å². The Balaban J connectivity index is 2.03. The summed E-state index contributed by atoms with van der Waals surface area (Å²) in [6.45, 7) is 0.883. The van der Waals surface area contributed by atoms with Crippen molar-refractivity contribution in [3.63, 3.8) is 0 Å². The number of aromatic nitrogens is 2. The quantitative estimate of drug-likeness (QED) is 0.587. The molecule has 1 atom stereocenters. The highest BCUT2D eigenvalue weighted by Crippen LogP contribution is 2.25. The topological polar surface area (TPSA) is 90.1 Å². The molecular weight excluding hydrogens is 320 g/mol. The number of non-ortho nitro benzene ring substituents is 1. The van der Waals surface area contributed by atoms with Gasteiger partial charge in [0.05, 0.1) is 27.6 Å². The standard InChI is InChI=1S/C18H16N4O3/c23-18-14-11-13(22(24)25)8-9-15(14)20-17(16-7-4-10-19-16)21(18)12-5-2-1-3-6-12/h1-3,5-6,8-9,11,16,19H,4,7,10H2/t16-/m1/s1. The maximum atomic E-state index is 13.2. The molecule has 0 amide bonds. The normalized spacial score (nSPS) is 17.0. The average Bonchev–Trinajstić information content (AvgIpc) is 3.16. The predicted octanol–water partition coefficient (Wildman–Crippen LogP) is 2.72. The molecule has 1 N–H and O–H groups in total. The van der Waals surface area contributed by atoms with Gasteiger partial charge in [0.1, 0.15) is 5.82 Å². The van der Waals surface area contributed by atoms with Gasteiger partial charge >= 0.3 is 0 Å². The van der Waals surface area contributed by atoms with Crippen LogP contribution in [0.5, 0.6) is 0 Å². The third kappa shape index (κ3) is 2.68. The molecule has 0 unspecified atom stereocenters. The molecule has 0 radical (unpaired) electrons. The summed E-state index contributed by atoms with van der Waals surface area (Å²) in [6, 6.07) is 13.5. The van der Waals surface area contributed by atoms with Crippen molar-refractivity contribution < 1.29 is 4.92 Å². The molecule has 7 heteroatoms. The second kappa shape index (κ2) is 6.10. The van der Waals surface area contributed by atoms with Gasteiger partial charge in [-0.1, -0.05) is 18.2 Å². The molecule has 1 aliphatic heterocycles. The first-order chi connectivity index (χ1) is 12.1. The monoisotopic (exact) mass is 336 g/mol. The van der Waals surface area contributed by atoms with Gasteiger partial charge in [0.2, 0.25) is 0 Å². The third-order valence-corrected chi connectivity index (χ3v) is 4.47. The Hall–Kier alpha value is -3.06. The molecule has 0 spiro atoms. The predicted molar refractivity (Wildman–Crippen MR) is 94.0 cm³/mol. The van der Waals surface area contributed by atoms with Gasteiger partial charge in [-0.3, -0.25) is 19.5 Å². The highest BCUT2D eigenvalue weighted by atomic mass is 16.6. The smallest absolute Gasteiger partial charge is 0.270 e. The van der Waals surface area contributed by atoms with Crippen molar-refractivity contribution in [2.24, 2.45) is 0 Å². The molecule has 1 aliphatic rings. The van der Waals surface area contributed by atoms with Gasteiger partial charge in [0.25, 0.3) is 11.2 Å². The van der Waals surface area contributed by atoms with Crippen molar-refractivity contribution in [1.82, 2.24) is 14.9 Å². The second-order valence-electron chi connectivity index (χ2n) is 6.05. The Morgan fingerprint density at radius 3 is 2.68 bits per heavy atom. The Morgan fingerprint density at radius 2 is 2.00 bits per heavy atom. The average molecular weight is 336 g/mol. The van der Waals surface area contributed by atoms with Crippen LogP contribution in [0.25, 0.3) is 16.6 Å². The van der Waals surface area contributed by atoms with Crippen molar-refractivity contribution >= 4 is 16.6 Å². The number of benzene rings is 2. The number of rotatable bonds is 3. The summed E-state index contributed by atoms with van der Waals surface area (Å²) >= 11 is 0. The summed E-state index contributed by atoms with van der Waals surface area (Å²) in [5.74, 6) is 0.648. The van der Waals surface area contributed by atoms with Gasteiger partial charge in [-0.2, -0.15) is 0 Å². The van der Waals surface area contributed by atoms with Gasteiger partial charge in [-0.15, -0.1) is 0 Å². The summed E-state index contributed by atoms with van der Waals surface area (Å²) < 4.78 is 1.56. The molecule has 1 saturated heterocycles. The summed E-state index contributed by atoms with van der Waals surface area (Å²) in [5, 5.41) is 14.7. The van der Waals surface area contributed by atoms with E-state index in [0.717, 1.165) is 19.4 Å². The molecule has 7 nitrogen and oxygen atoms in total. The molecule has 0 saturated carbocycles. The molecule has 2 aromatic carbocycles. The number of nitrogens with zero attached hydrogens (tertiary/aromatic N) is 3. The zero-order chi connectivity index (χ0) is 17.4. The lowest BCUT2D eigenvalue weighted by molar-refractivity contribution is -0.384. The number of hydrogen-bond donors (Lipinski definition) is 1. The van der Waals surface area contributed by atoms with Crippen molar-refractivity contribution in [3.05, 3.63) is 74.8 Å². The van der Waals surface area contributed by atoms with E-state index in [0.29, 0.717) is 17.0 Å². The van der Waals surface area contributed by atoms with Crippen molar-refractivity contribution in [3.8, 4) is 5.69 Å².